The van der Waals surface area contributed by atoms with E-state index < -0.39 is 6.04 Å². The molecule has 1 saturated heterocycles. The fourth-order valence-electron chi connectivity index (χ4n) is 2.13. The summed E-state index contributed by atoms with van der Waals surface area (Å²) in [5, 5.41) is 2.71. The van der Waals surface area contributed by atoms with E-state index in [0.29, 0.717) is 26.0 Å². The Bertz CT molecular complexity index is 291. The molecule has 0 aliphatic carbocycles. The van der Waals surface area contributed by atoms with Gasteiger partial charge in [0.2, 0.25) is 11.8 Å². The molecule has 0 radical (unpaired) electrons. The zero-order chi connectivity index (χ0) is 14.1. The Hall–Kier alpha value is -1.14. The van der Waals surface area contributed by atoms with Crippen molar-refractivity contribution in [1.82, 2.24) is 10.2 Å². The number of nitrogens with zero attached hydrogens (tertiary/aromatic N) is 1. The Morgan fingerprint density at radius 3 is 2.68 bits per heavy atom. The number of nitrogens with two attached hydrogens (primary N) is 1. The number of carbonyl (C=O) groups is 2. The lowest BCUT2D eigenvalue weighted by molar-refractivity contribution is -0.130. The van der Waals surface area contributed by atoms with Gasteiger partial charge in [-0.05, 0) is 25.7 Å². The predicted octanol–water partition coefficient (Wildman–Crippen LogP) is -0.131. The van der Waals surface area contributed by atoms with Crippen LogP contribution in [0.2, 0.25) is 0 Å². The van der Waals surface area contributed by atoms with E-state index in [0.717, 1.165) is 32.4 Å². The topological polar surface area (TPSA) is 84.7 Å². The summed E-state index contributed by atoms with van der Waals surface area (Å²) in [4.78, 5) is 25.2. The van der Waals surface area contributed by atoms with Crippen LogP contribution in [0.4, 0.5) is 0 Å². The number of ether oxygens (including phenoxy) is 1. The monoisotopic (exact) mass is 271 g/mol. The van der Waals surface area contributed by atoms with Crippen molar-refractivity contribution < 1.29 is 14.3 Å². The third kappa shape index (κ3) is 6.02. The molecule has 1 heterocycles. The van der Waals surface area contributed by atoms with Gasteiger partial charge in [-0.2, -0.15) is 0 Å². The van der Waals surface area contributed by atoms with Gasteiger partial charge < -0.3 is 20.7 Å². The summed E-state index contributed by atoms with van der Waals surface area (Å²) in [6, 6.07) is -0.517. The van der Waals surface area contributed by atoms with Crippen LogP contribution in [-0.4, -0.2) is 56.1 Å². The molecule has 0 spiro atoms. The van der Waals surface area contributed by atoms with Crippen LogP contribution in [0.1, 0.15) is 32.1 Å². The summed E-state index contributed by atoms with van der Waals surface area (Å²) < 4.78 is 4.90. The van der Waals surface area contributed by atoms with Gasteiger partial charge in [-0.15, -0.1) is 0 Å². The molecule has 110 valence electrons. The Balaban J connectivity index is 2.10. The Labute approximate surface area is 114 Å². The summed E-state index contributed by atoms with van der Waals surface area (Å²) in [5.74, 6) is -0.0731. The van der Waals surface area contributed by atoms with Gasteiger partial charge in [0.05, 0.1) is 6.04 Å². The molecule has 0 aromatic rings. The van der Waals surface area contributed by atoms with Gasteiger partial charge >= 0.3 is 0 Å². The molecule has 0 aromatic carbocycles. The van der Waals surface area contributed by atoms with Crippen LogP contribution in [0.5, 0.6) is 0 Å². The number of hydrogen-bond donors (Lipinski definition) is 2. The molecule has 6 nitrogen and oxygen atoms in total. The number of amides is 2. The molecule has 3 N–H and O–H groups in total. The minimum absolute atomic E-state index is 0.116. The van der Waals surface area contributed by atoms with Crippen LogP contribution in [0.25, 0.3) is 0 Å². The van der Waals surface area contributed by atoms with Crippen LogP contribution in [0.3, 0.4) is 0 Å². The van der Waals surface area contributed by atoms with Crippen LogP contribution in [-0.2, 0) is 14.3 Å². The lowest BCUT2D eigenvalue weighted by atomic mass is 10.1. The second kappa shape index (κ2) is 8.87. The van der Waals surface area contributed by atoms with E-state index in [9.17, 15) is 9.59 Å². The van der Waals surface area contributed by atoms with E-state index in [1.54, 1.807) is 7.11 Å². The Morgan fingerprint density at radius 1 is 1.37 bits per heavy atom. The molecule has 2 amide bonds. The standard InChI is InChI=1S/C13H25N3O3/c1-19-10-4-5-11(14)13(18)15-7-6-12(17)16-8-2-3-9-16/h11H,2-10,14H2,1H3,(H,15,18). The molecule has 1 aliphatic rings. The molecule has 0 aromatic heterocycles. The van der Waals surface area contributed by atoms with E-state index in [1.807, 2.05) is 4.90 Å². The largest absolute Gasteiger partial charge is 0.385 e. The first-order valence-electron chi connectivity index (χ1n) is 6.95. The van der Waals surface area contributed by atoms with Crippen LogP contribution < -0.4 is 11.1 Å². The highest BCUT2D eigenvalue weighted by molar-refractivity contribution is 5.82. The summed E-state index contributed by atoms with van der Waals surface area (Å²) in [5.41, 5.74) is 5.73. The second-order valence-corrected chi connectivity index (χ2v) is 4.87. The van der Waals surface area contributed by atoms with Crippen molar-refractivity contribution in [2.45, 2.75) is 38.1 Å². The van der Waals surface area contributed by atoms with Gasteiger partial charge in [-0.3, -0.25) is 9.59 Å². The lowest BCUT2D eigenvalue weighted by Gasteiger charge is -2.16. The maximum absolute atomic E-state index is 11.7. The van der Waals surface area contributed by atoms with E-state index in [2.05, 4.69) is 5.32 Å². The van der Waals surface area contributed by atoms with Gasteiger partial charge in [-0.1, -0.05) is 0 Å². The van der Waals surface area contributed by atoms with Gasteiger partial charge in [0.15, 0.2) is 0 Å². The van der Waals surface area contributed by atoms with Gasteiger partial charge in [0.1, 0.15) is 0 Å². The van der Waals surface area contributed by atoms with Crippen molar-refractivity contribution in [3.63, 3.8) is 0 Å². The maximum Gasteiger partial charge on any atom is 0.236 e. The van der Waals surface area contributed by atoms with Crippen molar-refractivity contribution in [2.75, 3.05) is 33.4 Å². The first-order chi connectivity index (χ1) is 9.15. The lowest BCUT2D eigenvalue weighted by Crippen LogP contribution is -2.42. The molecule has 1 aliphatic heterocycles. The third-order valence-electron chi connectivity index (χ3n) is 3.30. The normalized spacial score (nSPS) is 16.4. The van der Waals surface area contributed by atoms with Crippen molar-refractivity contribution in [3.05, 3.63) is 0 Å². The highest BCUT2D eigenvalue weighted by Gasteiger charge is 2.18. The van der Waals surface area contributed by atoms with Crippen molar-refractivity contribution in [1.29, 1.82) is 0 Å². The van der Waals surface area contributed by atoms with Gasteiger partial charge in [0.25, 0.3) is 0 Å². The molecule has 1 atom stereocenters. The third-order valence-corrected chi connectivity index (χ3v) is 3.30. The van der Waals surface area contributed by atoms with Gasteiger partial charge in [-0.25, -0.2) is 0 Å². The summed E-state index contributed by atoms with van der Waals surface area (Å²) in [6.45, 7) is 2.67. The molecule has 19 heavy (non-hydrogen) atoms. The summed E-state index contributed by atoms with van der Waals surface area (Å²) in [6.07, 6.45) is 3.89. The summed E-state index contributed by atoms with van der Waals surface area (Å²) in [7, 11) is 1.62. The Kier molecular flexibility index (Phi) is 7.43. The molecule has 0 bridgehead atoms. The molecule has 6 heteroatoms. The number of methoxy groups -OCH3 is 1. The summed E-state index contributed by atoms with van der Waals surface area (Å²) >= 11 is 0. The number of carbonyl (C=O) groups excluding carboxylic acids is 2. The molecule has 1 rings (SSSR count). The number of nitrogens with one attached hydrogen (secondary N) is 1. The van der Waals surface area contributed by atoms with Crippen LogP contribution in [0, 0.1) is 0 Å². The average molecular weight is 271 g/mol. The van der Waals surface area contributed by atoms with E-state index in [4.69, 9.17) is 10.5 Å². The van der Waals surface area contributed by atoms with Gasteiger partial charge in [0, 0.05) is 39.8 Å². The first kappa shape index (κ1) is 15.9. The van der Waals surface area contributed by atoms with Crippen molar-refractivity contribution in [2.24, 2.45) is 5.73 Å². The Morgan fingerprint density at radius 2 is 2.05 bits per heavy atom. The predicted molar refractivity (Wildman–Crippen MR) is 72.5 cm³/mol. The quantitative estimate of drug-likeness (QED) is 0.602. The SMILES string of the molecule is COCCCC(N)C(=O)NCCC(=O)N1CCCC1. The van der Waals surface area contributed by atoms with E-state index in [1.165, 1.54) is 0 Å². The molecule has 0 saturated carbocycles. The van der Waals surface area contributed by atoms with Crippen molar-refractivity contribution in [3.8, 4) is 0 Å². The number of hydrogen-bond acceptors (Lipinski definition) is 4. The maximum atomic E-state index is 11.7. The highest BCUT2D eigenvalue weighted by Crippen LogP contribution is 2.08. The molecule has 1 fully saturated rings. The smallest absolute Gasteiger partial charge is 0.236 e. The first-order valence-corrected chi connectivity index (χ1v) is 6.95. The zero-order valence-electron chi connectivity index (χ0n) is 11.7. The van der Waals surface area contributed by atoms with Crippen LogP contribution in [0.15, 0.2) is 0 Å². The fraction of sp³-hybridized carbons (Fsp3) is 0.846. The minimum Gasteiger partial charge on any atom is -0.385 e. The van der Waals surface area contributed by atoms with E-state index in [-0.39, 0.29) is 11.8 Å². The highest BCUT2D eigenvalue weighted by atomic mass is 16.5. The second-order valence-electron chi connectivity index (χ2n) is 4.87. The average Bonchev–Trinajstić information content (AvgIpc) is 2.92. The zero-order valence-corrected chi connectivity index (χ0v) is 11.7. The van der Waals surface area contributed by atoms with Crippen molar-refractivity contribution >= 4 is 11.8 Å². The molecular weight excluding hydrogens is 246 g/mol. The molecule has 1 unspecified atom stereocenters. The number of likely N-dealkylation sites (tertiary alicyclic amines) is 1. The molecular formula is C13H25N3O3. The van der Waals surface area contributed by atoms with Crippen LogP contribution >= 0.6 is 0 Å². The fourth-order valence-corrected chi connectivity index (χ4v) is 2.13. The number of rotatable bonds is 8. The van der Waals surface area contributed by atoms with E-state index >= 15 is 0 Å². The minimum atomic E-state index is -0.517.